The third-order valence-electron chi connectivity index (χ3n) is 4.76. The van der Waals surface area contributed by atoms with Gasteiger partial charge in [-0.1, -0.05) is 12.1 Å². The van der Waals surface area contributed by atoms with Gasteiger partial charge in [0.05, 0.1) is 18.6 Å². The summed E-state index contributed by atoms with van der Waals surface area (Å²) in [6, 6.07) is 5.67. The summed E-state index contributed by atoms with van der Waals surface area (Å²) in [5.74, 6) is -4.17. The van der Waals surface area contributed by atoms with Gasteiger partial charge in [-0.25, -0.2) is 4.39 Å². The maximum atomic E-state index is 12.8. The molecule has 2 aliphatic rings. The first-order valence-corrected chi connectivity index (χ1v) is 6.96. The van der Waals surface area contributed by atoms with Crippen molar-refractivity contribution < 1.29 is 28.9 Å². The molecule has 0 heterocycles. The third kappa shape index (κ3) is 2.17. The Hall–Kier alpha value is -1.99. The number of hydrogen-bond donors (Lipinski definition) is 3. The summed E-state index contributed by atoms with van der Waals surface area (Å²) < 4.78 is 18.5. The molecule has 2 fully saturated rings. The highest BCUT2D eigenvalue weighted by molar-refractivity contribution is 5.86. The van der Waals surface area contributed by atoms with Crippen LogP contribution < -0.4 is 5.73 Å². The van der Waals surface area contributed by atoms with Gasteiger partial charge in [-0.15, -0.1) is 0 Å². The monoisotopic (exact) mass is 309 g/mol. The van der Waals surface area contributed by atoms with E-state index in [4.69, 9.17) is 15.6 Å². The van der Waals surface area contributed by atoms with Crippen LogP contribution >= 0.6 is 0 Å². The number of benzene rings is 1. The second-order valence-corrected chi connectivity index (χ2v) is 5.95. The number of carboxylic acid groups (broad SMARTS) is 2. The van der Waals surface area contributed by atoms with E-state index in [-0.39, 0.29) is 18.3 Å². The molecule has 5 atom stereocenters. The quantitative estimate of drug-likeness (QED) is 0.743. The molecule has 2 aliphatic carbocycles. The summed E-state index contributed by atoms with van der Waals surface area (Å²) >= 11 is 0. The number of hydrogen-bond acceptors (Lipinski definition) is 4. The summed E-state index contributed by atoms with van der Waals surface area (Å²) in [6.45, 7) is 0.106. The SMILES string of the molecule is N[C@]1(C(=O)O)[C@H]2[C@@H](C[C@H]1OCc1ccc(F)cc1)[C@@H]2C(=O)O. The maximum Gasteiger partial charge on any atom is 0.326 e. The molecule has 0 aromatic heterocycles. The van der Waals surface area contributed by atoms with Gasteiger partial charge in [0.25, 0.3) is 0 Å². The van der Waals surface area contributed by atoms with E-state index < -0.39 is 35.4 Å². The molecule has 0 saturated heterocycles. The molecule has 6 nitrogen and oxygen atoms in total. The second-order valence-electron chi connectivity index (χ2n) is 5.95. The van der Waals surface area contributed by atoms with Crippen LogP contribution in [-0.2, 0) is 20.9 Å². The number of nitrogens with two attached hydrogens (primary N) is 1. The zero-order valence-electron chi connectivity index (χ0n) is 11.6. The fraction of sp³-hybridized carbons (Fsp3) is 0.467. The van der Waals surface area contributed by atoms with Crippen molar-refractivity contribution >= 4 is 11.9 Å². The van der Waals surface area contributed by atoms with Gasteiger partial charge in [0, 0.05) is 5.92 Å². The van der Waals surface area contributed by atoms with Crippen LogP contribution in [-0.4, -0.2) is 33.8 Å². The van der Waals surface area contributed by atoms with Gasteiger partial charge < -0.3 is 20.7 Å². The molecular formula is C15H16FNO5. The molecular weight excluding hydrogens is 293 g/mol. The Bertz CT molecular complexity index is 619. The van der Waals surface area contributed by atoms with Crippen molar-refractivity contribution in [3.05, 3.63) is 35.6 Å². The lowest BCUT2D eigenvalue weighted by molar-refractivity contribution is -0.152. The third-order valence-corrected chi connectivity index (χ3v) is 4.76. The van der Waals surface area contributed by atoms with Crippen molar-refractivity contribution in [2.75, 3.05) is 0 Å². The largest absolute Gasteiger partial charge is 0.481 e. The molecule has 1 aromatic carbocycles. The smallest absolute Gasteiger partial charge is 0.326 e. The van der Waals surface area contributed by atoms with Crippen molar-refractivity contribution in [2.24, 2.45) is 23.5 Å². The van der Waals surface area contributed by atoms with Gasteiger partial charge in [0.2, 0.25) is 0 Å². The molecule has 3 rings (SSSR count). The summed E-state index contributed by atoms with van der Waals surface area (Å²) in [7, 11) is 0. The van der Waals surface area contributed by atoms with Gasteiger partial charge in [0.1, 0.15) is 11.4 Å². The van der Waals surface area contributed by atoms with Gasteiger partial charge in [0.15, 0.2) is 0 Å². The first-order valence-electron chi connectivity index (χ1n) is 6.96. The number of rotatable bonds is 5. The minimum absolute atomic E-state index is 0.106. The van der Waals surface area contributed by atoms with Crippen LogP contribution in [0.15, 0.2) is 24.3 Å². The van der Waals surface area contributed by atoms with Crippen LogP contribution in [0.3, 0.4) is 0 Å². The van der Waals surface area contributed by atoms with Crippen molar-refractivity contribution in [2.45, 2.75) is 24.7 Å². The summed E-state index contributed by atoms with van der Waals surface area (Å²) in [5, 5.41) is 18.5. The van der Waals surface area contributed by atoms with Gasteiger partial charge in [-0.05, 0) is 30.0 Å². The molecule has 0 unspecified atom stereocenters. The highest BCUT2D eigenvalue weighted by Crippen LogP contribution is 2.62. The Balaban J connectivity index is 1.71. The van der Waals surface area contributed by atoms with Crippen molar-refractivity contribution in [3.8, 4) is 0 Å². The van der Waals surface area contributed by atoms with E-state index in [0.29, 0.717) is 12.0 Å². The highest BCUT2D eigenvalue weighted by Gasteiger charge is 2.74. The van der Waals surface area contributed by atoms with Crippen molar-refractivity contribution in [1.82, 2.24) is 0 Å². The topological polar surface area (TPSA) is 110 Å². The predicted molar refractivity (Wildman–Crippen MR) is 72.3 cm³/mol. The van der Waals surface area contributed by atoms with Crippen LogP contribution in [0.4, 0.5) is 4.39 Å². The van der Waals surface area contributed by atoms with Gasteiger partial charge in [-0.2, -0.15) is 0 Å². The van der Waals surface area contributed by atoms with Crippen molar-refractivity contribution in [3.63, 3.8) is 0 Å². The molecule has 2 saturated carbocycles. The molecule has 22 heavy (non-hydrogen) atoms. The van der Waals surface area contributed by atoms with Crippen LogP contribution in [0.2, 0.25) is 0 Å². The van der Waals surface area contributed by atoms with Crippen LogP contribution in [0.1, 0.15) is 12.0 Å². The van der Waals surface area contributed by atoms with Gasteiger partial charge >= 0.3 is 11.9 Å². The Kier molecular flexibility index (Phi) is 3.41. The molecule has 0 radical (unpaired) electrons. The molecule has 0 spiro atoms. The lowest BCUT2D eigenvalue weighted by Crippen LogP contribution is -2.58. The molecule has 1 aromatic rings. The lowest BCUT2D eigenvalue weighted by atomic mass is 9.89. The van der Waals surface area contributed by atoms with E-state index in [2.05, 4.69) is 0 Å². The van der Waals surface area contributed by atoms with E-state index in [1.54, 1.807) is 12.1 Å². The predicted octanol–water partition coefficient (Wildman–Crippen LogP) is 0.843. The van der Waals surface area contributed by atoms with E-state index in [9.17, 15) is 19.1 Å². The Morgan fingerprint density at radius 1 is 1.32 bits per heavy atom. The summed E-state index contributed by atoms with van der Waals surface area (Å²) in [4.78, 5) is 22.6. The van der Waals surface area contributed by atoms with E-state index >= 15 is 0 Å². The number of carboxylic acids is 2. The number of fused-ring (bicyclic) bond motifs is 1. The summed E-state index contributed by atoms with van der Waals surface area (Å²) in [5.41, 5.74) is 5.01. The first kappa shape index (κ1) is 14.9. The van der Waals surface area contributed by atoms with Crippen molar-refractivity contribution in [1.29, 1.82) is 0 Å². The average molecular weight is 309 g/mol. The second kappa shape index (κ2) is 5.03. The highest BCUT2D eigenvalue weighted by atomic mass is 19.1. The minimum Gasteiger partial charge on any atom is -0.481 e. The number of aliphatic carboxylic acids is 2. The lowest BCUT2D eigenvalue weighted by Gasteiger charge is -2.30. The fourth-order valence-electron chi connectivity index (χ4n) is 3.58. The molecule has 0 aliphatic heterocycles. The van der Waals surface area contributed by atoms with E-state index in [1.807, 2.05) is 0 Å². The maximum absolute atomic E-state index is 12.8. The molecule has 118 valence electrons. The first-order chi connectivity index (χ1) is 10.4. The molecule has 7 heteroatoms. The number of ether oxygens (including phenoxy) is 1. The average Bonchev–Trinajstić information content (AvgIpc) is 3.11. The zero-order chi connectivity index (χ0) is 16.1. The Morgan fingerprint density at radius 2 is 1.95 bits per heavy atom. The zero-order valence-corrected chi connectivity index (χ0v) is 11.6. The Labute approximate surface area is 125 Å². The standard InChI is InChI=1S/C15H16FNO5/c16-8-3-1-7(2-4-8)6-22-10-5-9-11(13(18)19)12(9)15(10,17)14(20)21/h1-4,9-12H,5-6,17H2,(H,18,19)(H,20,21)/t9-,10+,11-,12-,15-/m0/s1. The number of halogens is 1. The normalized spacial score (nSPS) is 35.9. The molecule has 0 bridgehead atoms. The molecule has 4 N–H and O–H groups in total. The van der Waals surface area contributed by atoms with Gasteiger partial charge in [-0.3, -0.25) is 9.59 Å². The van der Waals surface area contributed by atoms with Crippen LogP contribution in [0.5, 0.6) is 0 Å². The molecule has 0 amide bonds. The van der Waals surface area contributed by atoms with E-state index in [0.717, 1.165) is 0 Å². The Morgan fingerprint density at radius 3 is 2.50 bits per heavy atom. The van der Waals surface area contributed by atoms with Crippen LogP contribution in [0, 0.1) is 23.6 Å². The van der Waals surface area contributed by atoms with E-state index in [1.165, 1.54) is 12.1 Å². The number of carbonyl (C=O) groups is 2. The summed E-state index contributed by atoms with van der Waals surface area (Å²) in [6.07, 6.45) is -0.438. The minimum atomic E-state index is -1.69. The fourth-order valence-corrected chi connectivity index (χ4v) is 3.58. The van der Waals surface area contributed by atoms with Crippen LogP contribution in [0.25, 0.3) is 0 Å².